The van der Waals surface area contributed by atoms with Crippen LogP contribution in [0.25, 0.3) is 0 Å². The molecular weight excluding hydrogens is 246 g/mol. The van der Waals surface area contributed by atoms with Crippen molar-refractivity contribution in [3.05, 3.63) is 29.6 Å². The lowest BCUT2D eigenvalue weighted by Gasteiger charge is -2.28. The number of rotatable bonds is 5. The molecule has 112 valence electrons. The van der Waals surface area contributed by atoms with Gasteiger partial charge in [-0.05, 0) is 36.8 Å². The van der Waals surface area contributed by atoms with Crippen LogP contribution in [-0.4, -0.2) is 11.0 Å². The highest BCUT2D eigenvalue weighted by Gasteiger charge is 2.21. The van der Waals surface area contributed by atoms with E-state index in [-0.39, 0.29) is 0 Å². The third kappa shape index (κ3) is 4.57. The van der Waals surface area contributed by atoms with Crippen molar-refractivity contribution in [1.29, 1.82) is 0 Å². The first kappa shape index (κ1) is 15.5. The summed E-state index contributed by atoms with van der Waals surface area (Å²) in [5.41, 5.74) is 5.52. The highest BCUT2D eigenvalue weighted by Crippen LogP contribution is 2.26. The third-order valence-corrected chi connectivity index (χ3v) is 4.66. The lowest BCUT2D eigenvalue weighted by atomic mass is 9.84. The molecule has 1 aliphatic carbocycles. The Labute approximate surface area is 123 Å². The van der Waals surface area contributed by atoms with Crippen LogP contribution >= 0.6 is 0 Å². The summed E-state index contributed by atoms with van der Waals surface area (Å²) in [7, 11) is 0. The van der Waals surface area contributed by atoms with Gasteiger partial charge in [0.1, 0.15) is 0 Å². The highest BCUT2D eigenvalue weighted by molar-refractivity contribution is 5.14. The van der Waals surface area contributed by atoms with Crippen molar-refractivity contribution < 1.29 is 0 Å². The number of nitrogens with one attached hydrogen (secondary N) is 1. The van der Waals surface area contributed by atoms with Crippen LogP contribution in [0.3, 0.4) is 0 Å². The van der Waals surface area contributed by atoms with E-state index >= 15 is 0 Å². The summed E-state index contributed by atoms with van der Waals surface area (Å²) in [6, 6.07) is 4.72. The topological polar surface area (TPSA) is 50.9 Å². The quantitative estimate of drug-likeness (QED) is 0.640. The standard InChI is InChI=1S/C17H29N3/c1-2-14-10-11-16(19-13-14)12-17(20-18)15-8-6-4-3-5-7-9-15/h10-11,13,15,17,20H,2-9,12,18H2,1H3. The molecule has 1 aromatic heterocycles. The first-order valence-corrected chi connectivity index (χ1v) is 8.23. The third-order valence-electron chi connectivity index (χ3n) is 4.66. The number of hydrogen-bond acceptors (Lipinski definition) is 3. The Hall–Kier alpha value is -0.930. The molecule has 0 amide bonds. The highest BCUT2D eigenvalue weighted by atomic mass is 15.2. The zero-order valence-corrected chi connectivity index (χ0v) is 12.8. The Morgan fingerprint density at radius 3 is 2.45 bits per heavy atom. The molecule has 1 atom stereocenters. The maximum absolute atomic E-state index is 5.82. The van der Waals surface area contributed by atoms with Crippen molar-refractivity contribution in [3.8, 4) is 0 Å². The van der Waals surface area contributed by atoms with E-state index in [4.69, 9.17) is 5.84 Å². The molecule has 1 aliphatic rings. The van der Waals surface area contributed by atoms with E-state index in [1.807, 2.05) is 6.20 Å². The van der Waals surface area contributed by atoms with Crippen LogP contribution < -0.4 is 11.3 Å². The summed E-state index contributed by atoms with van der Waals surface area (Å²) < 4.78 is 0. The van der Waals surface area contributed by atoms with E-state index in [0.29, 0.717) is 12.0 Å². The molecule has 20 heavy (non-hydrogen) atoms. The van der Waals surface area contributed by atoms with Gasteiger partial charge < -0.3 is 0 Å². The molecule has 1 unspecified atom stereocenters. The second kappa shape index (κ2) is 8.38. The minimum atomic E-state index is 0.369. The van der Waals surface area contributed by atoms with Crippen LogP contribution in [0.5, 0.6) is 0 Å². The molecule has 2 rings (SSSR count). The molecule has 0 bridgehead atoms. The normalized spacial score (nSPS) is 19.3. The average molecular weight is 275 g/mol. The summed E-state index contributed by atoms with van der Waals surface area (Å²) in [4.78, 5) is 4.58. The number of nitrogens with zero attached hydrogens (tertiary/aromatic N) is 1. The number of nitrogens with two attached hydrogens (primary N) is 1. The van der Waals surface area contributed by atoms with E-state index in [2.05, 4.69) is 29.5 Å². The Balaban J connectivity index is 1.95. The van der Waals surface area contributed by atoms with Crippen molar-refractivity contribution >= 4 is 0 Å². The smallest absolute Gasteiger partial charge is 0.0419 e. The maximum Gasteiger partial charge on any atom is 0.0419 e. The lowest BCUT2D eigenvalue weighted by Crippen LogP contribution is -2.42. The number of hydrazine groups is 1. The second-order valence-electron chi connectivity index (χ2n) is 6.09. The van der Waals surface area contributed by atoms with Gasteiger partial charge >= 0.3 is 0 Å². The van der Waals surface area contributed by atoms with E-state index in [1.165, 1.54) is 50.5 Å². The van der Waals surface area contributed by atoms with E-state index in [1.54, 1.807) is 0 Å². The second-order valence-corrected chi connectivity index (χ2v) is 6.09. The Kier molecular flexibility index (Phi) is 6.48. The van der Waals surface area contributed by atoms with Crippen LogP contribution in [0, 0.1) is 5.92 Å². The van der Waals surface area contributed by atoms with Gasteiger partial charge in [-0.1, -0.05) is 45.1 Å². The predicted molar refractivity (Wildman–Crippen MR) is 84.2 cm³/mol. The van der Waals surface area contributed by atoms with Crippen LogP contribution in [0.15, 0.2) is 18.3 Å². The Morgan fingerprint density at radius 2 is 1.90 bits per heavy atom. The molecule has 1 fully saturated rings. The van der Waals surface area contributed by atoms with Crippen molar-refractivity contribution in [2.45, 2.75) is 70.8 Å². The number of aromatic nitrogens is 1. The number of hydrogen-bond donors (Lipinski definition) is 2. The fourth-order valence-electron chi connectivity index (χ4n) is 3.26. The monoisotopic (exact) mass is 275 g/mol. The first-order valence-electron chi connectivity index (χ1n) is 8.23. The zero-order valence-electron chi connectivity index (χ0n) is 12.8. The summed E-state index contributed by atoms with van der Waals surface area (Å²) in [5.74, 6) is 6.52. The average Bonchev–Trinajstić information content (AvgIpc) is 2.46. The van der Waals surface area contributed by atoms with Crippen molar-refractivity contribution in [3.63, 3.8) is 0 Å². The number of pyridine rings is 1. The fourth-order valence-corrected chi connectivity index (χ4v) is 3.26. The Bertz CT molecular complexity index is 366. The van der Waals surface area contributed by atoms with Gasteiger partial charge in [0.15, 0.2) is 0 Å². The van der Waals surface area contributed by atoms with E-state index in [9.17, 15) is 0 Å². The number of aryl methyl sites for hydroxylation is 1. The van der Waals surface area contributed by atoms with Gasteiger partial charge in [-0.2, -0.15) is 0 Å². The van der Waals surface area contributed by atoms with Gasteiger partial charge in [-0.3, -0.25) is 16.3 Å². The van der Waals surface area contributed by atoms with Crippen LogP contribution in [0.2, 0.25) is 0 Å². The fraction of sp³-hybridized carbons (Fsp3) is 0.706. The van der Waals surface area contributed by atoms with Gasteiger partial charge in [0.2, 0.25) is 0 Å². The van der Waals surface area contributed by atoms with Crippen molar-refractivity contribution in [1.82, 2.24) is 10.4 Å². The van der Waals surface area contributed by atoms with Crippen molar-refractivity contribution in [2.75, 3.05) is 0 Å². The van der Waals surface area contributed by atoms with Gasteiger partial charge in [-0.25, -0.2) is 0 Å². The van der Waals surface area contributed by atoms with Gasteiger partial charge in [0.25, 0.3) is 0 Å². The molecule has 0 radical (unpaired) electrons. The maximum atomic E-state index is 5.82. The SMILES string of the molecule is CCc1ccc(CC(NN)C2CCCCCCC2)nc1. The van der Waals surface area contributed by atoms with E-state index < -0.39 is 0 Å². The Morgan fingerprint density at radius 1 is 1.20 bits per heavy atom. The molecule has 1 saturated carbocycles. The van der Waals surface area contributed by atoms with Gasteiger partial charge in [-0.15, -0.1) is 0 Å². The van der Waals surface area contributed by atoms with Gasteiger partial charge in [0, 0.05) is 24.4 Å². The van der Waals surface area contributed by atoms with E-state index in [0.717, 1.165) is 18.5 Å². The van der Waals surface area contributed by atoms with Crippen molar-refractivity contribution in [2.24, 2.45) is 11.8 Å². The zero-order chi connectivity index (χ0) is 14.2. The molecule has 1 heterocycles. The summed E-state index contributed by atoms with van der Waals surface area (Å²) in [6.07, 6.45) is 13.5. The molecule has 3 nitrogen and oxygen atoms in total. The minimum absolute atomic E-state index is 0.369. The van der Waals surface area contributed by atoms with Crippen LogP contribution in [-0.2, 0) is 12.8 Å². The lowest BCUT2D eigenvalue weighted by molar-refractivity contribution is 0.284. The molecule has 0 spiro atoms. The predicted octanol–water partition coefficient (Wildman–Crippen LogP) is 3.38. The summed E-state index contributed by atoms with van der Waals surface area (Å²) in [6.45, 7) is 2.16. The molecular formula is C17H29N3. The molecule has 1 aromatic rings. The molecule has 0 aromatic carbocycles. The molecule has 0 aliphatic heterocycles. The van der Waals surface area contributed by atoms with Crippen LogP contribution in [0.1, 0.15) is 63.1 Å². The first-order chi connectivity index (χ1) is 9.83. The molecule has 0 saturated heterocycles. The molecule has 3 N–H and O–H groups in total. The van der Waals surface area contributed by atoms with Crippen LogP contribution in [0.4, 0.5) is 0 Å². The largest absolute Gasteiger partial charge is 0.271 e. The minimum Gasteiger partial charge on any atom is -0.271 e. The molecule has 3 heteroatoms. The summed E-state index contributed by atoms with van der Waals surface area (Å²) >= 11 is 0. The summed E-state index contributed by atoms with van der Waals surface area (Å²) in [5, 5.41) is 0. The van der Waals surface area contributed by atoms with Gasteiger partial charge in [0.05, 0.1) is 0 Å².